The minimum atomic E-state index is -3.54. The second-order valence-electron chi connectivity index (χ2n) is 6.57. The van der Waals surface area contributed by atoms with Crippen molar-refractivity contribution in [2.24, 2.45) is 11.1 Å². The molecule has 7 nitrogen and oxygen atoms in total. The fraction of sp³-hybridized carbons (Fsp3) is 0.600. The Morgan fingerprint density at radius 3 is 2.72 bits per heavy atom. The lowest BCUT2D eigenvalue weighted by molar-refractivity contribution is -0.119. The zero-order chi connectivity index (χ0) is 18.2. The van der Waals surface area contributed by atoms with Crippen LogP contribution in [0.25, 0.3) is 0 Å². The summed E-state index contributed by atoms with van der Waals surface area (Å²) in [5.41, 5.74) is 5.66. The average Bonchev–Trinajstić information content (AvgIpc) is 3.02. The van der Waals surface area contributed by atoms with Crippen LogP contribution in [-0.2, 0) is 21.2 Å². The smallest absolute Gasteiger partial charge is 0.272 e. The highest BCUT2D eigenvalue weighted by Crippen LogP contribution is 2.49. The van der Waals surface area contributed by atoms with Crippen molar-refractivity contribution in [2.45, 2.75) is 43.3 Å². The summed E-state index contributed by atoms with van der Waals surface area (Å²) in [5, 5.41) is 4.84. The van der Waals surface area contributed by atoms with Crippen molar-refractivity contribution in [3.63, 3.8) is 0 Å². The molecule has 0 saturated heterocycles. The summed E-state index contributed by atoms with van der Waals surface area (Å²) in [7, 11) is -3.54. The molecule has 1 saturated carbocycles. The van der Waals surface area contributed by atoms with Gasteiger partial charge in [0.05, 0.1) is 10.1 Å². The van der Waals surface area contributed by atoms with Crippen LogP contribution in [0.1, 0.15) is 51.7 Å². The molecule has 4 N–H and O–H groups in total. The van der Waals surface area contributed by atoms with Crippen molar-refractivity contribution in [3.05, 3.63) is 21.4 Å². The number of nitrogens with one attached hydrogen (secondary N) is 2. The Bertz CT molecular complexity index is 793. The summed E-state index contributed by atoms with van der Waals surface area (Å²) in [6.45, 7) is 0. The first-order valence-corrected chi connectivity index (χ1v) is 11.0. The monoisotopic (exact) mass is 405 g/mol. The van der Waals surface area contributed by atoms with E-state index >= 15 is 0 Å². The third kappa shape index (κ3) is 3.99. The third-order valence-corrected chi connectivity index (χ3v) is 7.94. The maximum atomic E-state index is 12.2. The summed E-state index contributed by atoms with van der Waals surface area (Å²) in [4.78, 5) is 24.9. The molecule has 3 atom stereocenters. The van der Waals surface area contributed by atoms with Crippen molar-refractivity contribution in [2.75, 3.05) is 5.88 Å². The van der Waals surface area contributed by atoms with Crippen LogP contribution in [0.15, 0.2) is 6.07 Å². The topological polar surface area (TPSA) is 118 Å². The predicted octanol–water partition coefficient (Wildman–Crippen LogP) is 1.23. The molecule has 3 unspecified atom stereocenters. The molecule has 1 aromatic heterocycles. The van der Waals surface area contributed by atoms with Crippen molar-refractivity contribution in [1.82, 2.24) is 10.9 Å². The number of fused-ring (bicyclic) bond motifs is 3. The normalized spacial score (nSPS) is 25.6. The van der Waals surface area contributed by atoms with E-state index in [9.17, 15) is 18.0 Å². The quantitative estimate of drug-likeness (QED) is 0.517. The molecular formula is C15H20ClN3O4S2. The lowest BCUT2D eigenvalue weighted by Gasteiger charge is -2.38. The minimum Gasteiger partial charge on any atom is -0.272 e. The largest absolute Gasteiger partial charge is 0.279 e. The van der Waals surface area contributed by atoms with Crippen molar-refractivity contribution in [1.29, 1.82) is 0 Å². The first kappa shape index (κ1) is 18.6. The van der Waals surface area contributed by atoms with E-state index in [1.807, 2.05) is 6.07 Å². The van der Waals surface area contributed by atoms with E-state index in [1.54, 1.807) is 0 Å². The van der Waals surface area contributed by atoms with Crippen LogP contribution >= 0.6 is 22.9 Å². The van der Waals surface area contributed by atoms with E-state index in [4.69, 9.17) is 16.7 Å². The summed E-state index contributed by atoms with van der Waals surface area (Å²) in [5.74, 6) is -0.548. The van der Waals surface area contributed by atoms with Crippen molar-refractivity contribution >= 4 is 44.8 Å². The Kier molecular flexibility index (Phi) is 5.38. The summed E-state index contributed by atoms with van der Waals surface area (Å²) >= 11 is 6.74. The predicted molar refractivity (Wildman–Crippen MR) is 95.9 cm³/mol. The number of alkyl halides is 1. The lowest BCUT2D eigenvalue weighted by Crippen LogP contribution is -2.41. The van der Waals surface area contributed by atoms with Gasteiger partial charge in [0, 0.05) is 4.88 Å². The van der Waals surface area contributed by atoms with Crippen molar-refractivity contribution < 1.29 is 18.0 Å². The van der Waals surface area contributed by atoms with E-state index < -0.39 is 27.1 Å². The zero-order valence-electron chi connectivity index (χ0n) is 13.5. The van der Waals surface area contributed by atoms with E-state index in [0.717, 1.165) is 29.7 Å². The number of hydrogen-bond acceptors (Lipinski definition) is 5. The number of halogens is 1. The molecule has 0 bridgehead atoms. The Labute approximate surface area is 155 Å². The zero-order valence-corrected chi connectivity index (χ0v) is 15.8. The Morgan fingerprint density at radius 1 is 1.28 bits per heavy atom. The van der Waals surface area contributed by atoms with Gasteiger partial charge in [0.25, 0.3) is 11.8 Å². The average molecular weight is 406 g/mol. The van der Waals surface area contributed by atoms with Crippen LogP contribution in [-0.4, -0.2) is 31.4 Å². The van der Waals surface area contributed by atoms with Crippen LogP contribution < -0.4 is 16.0 Å². The molecule has 1 fully saturated rings. The number of rotatable bonds is 3. The summed E-state index contributed by atoms with van der Waals surface area (Å²) in [6.07, 6.45) is 3.85. The number of nitrogens with two attached hydrogens (primary N) is 1. The molecule has 2 amide bonds. The van der Waals surface area contributed by atoms with E-state index in [2.05, 4.69) is 10.9 Å². The van der Waals surface area contributed by atoms with Gasteiger partial charge in [-0.2, -0.15) is 0 Å². The van der Waals surface area contributed by atoms with E-state index in [0.29, 0.717) is 23.6 Å². The number of amides is 2. The second kappa shape index (κ2) is 7.22. The number of primary sulfonamides is 1. The highest BCUT2D eigenvalue weighted by molar-refractivity contribution is 7.89. The van der Waals surface area contributed by atoms with Crippen LogP contribution in [0, 0.1) is 5.92 Å². The van der Waals surface area contributed by atoms with Gasteiger partial charge in [0.15, 0.2) is 0 Å². The third-order valence-electron chi connectivity index (χ3n) is 5.03. The molecule has 25 heavy (non-hydrogen) atoms. The van der Waals surface area contributed by atoms with E-state index in [-0.39, 0.29) is 11.8 Å². The molecule has 1 heterocycles. The first-order valence-electron chi connectivity index (χ1n) is 8.09. The van der Waals surface area contributed by atoms with Crippen molar-refractivity contribution in [3.8, 4) is 0 Å². The number of thiophene rings is 1. The Hall–Kier alpha value is -1.16. The molecule has 2 aliphatic carbocycles. The van der Waals surface area contributed by atoms with Crippen LogP contribution in [0.2, 0.25) is 0 Å². The standard InChI is InChI=1S/C15H20ClN3O4S2/c16-7-13(20)18-19-15(21)12-5-9-2-1-8-3-4-10(25(17,22)23)6-11(8)14(9)24-12/h5,8,10-11H,1-4,6-7H2,(H,18,20)(H,19,21)(H2,17,22,23). The SMILES string of the molecule is NS(=O)(=O)C1CCC2CCc3cc(C(=O)NNC(=O)CCl)sc3C2C1. The second-order valence-corrected chi connectivity index (χ2v) is 9.76. The van der Waals surface area contributed by atoms with Gasteiger partial charge in [0.2, 0.25) is 10.0 Å². The molecule has 0 aromatic carbocycles. The minimum absolute atomic E-state index is 0.129. The number of hydrazine groups is 1. The highest BCUT2D eigenvalue weighted by Gasteiger charge is 2.40. The van der Waals surface area contributed by atoms with Crippen LogP contribution in [0.4, 0.5) is 0 Å². The first-order chi connectivity index (χ1) is 11.8. The molecule has 0 radical (unpaired) electrons. The molecule has 138 valence electrons. The number of carbonyl (C=O) groups is 2. The number of hydrogen-bond donors (Lipinski definition) is 3. The molecular weight excluding hydrogens is 386 g/mol. The van der Waals surface area contributed by atoms with Gasteiger partial charge in [-0.3, -0.25) is 20.4 Å². The maximum absolute atomic E-state index is 12.2. The van der Waals surface area contributed by atoms with Gasteiger partial charge >= 0.3 is 0 Å². The Morgan fingerprint density at radius 2 is 2.04 bits per heavy atom. The summed E-state index contributed by atoms with van der Waals surface area (Å²) in [6, 6.07) is 1.83. The van der Waals surface area contributed by atoms with Gasteiger partial charge in [0.1, 0.15) is 5.88 Å². The van der Waals surface area contributed by atoms with Crippen LogP contribution in [0.5, 0.6) is 0 Å². The maximum Gasteiger partial charge on any atom is 0.279 e. The fourth-order valence-corrected chi connectivity index (χ4v) is 6.11. The fourth-order valence-electron chi connectivity index (χ4n) is 3.79. The Balaban J connectivity index is 1.78. The molecule has 2 aliphatic rings. The number of sulfonamides is 1. The highest BCUT2D eigenvalue weighted by atomic mass is 35.5. The molecule has 0 spiro atoms. The number of aryl methyl sites for hydroxylation is 1. The van der Waals surface area contributed by atoms with Gasteiger partial charge < -0.3 is 0 Å². The van der Waals surface area contributed by atoms with Gasteiger partial charge in [-0.15, -0.1) is 22.9 Å². The van der Waals surface area contributed by atoms with Crippen LogP contribution in [0.3, 0.4) is 0 Å². The molecule has 1 aromatic rings. The molecule has 10 heteroatoms. The number of carbonyl (C=O) groups excluding carboxylic acids is 2. The summed E-state index contributed by atoms with van der Waals surface area (Å²) < 4.78 is 23.5. The molecule has 0 aliphatic heterocycles. The lowest BCUT2D eigenvalue weighted by atomic mass is 9.71. The van der Waals surface area contributed by atoms with Gasteiger partial charge in [-0.1, -0.05) is 0 Å². The van der Waals surface area contributed by atoms with Gasteiger partial charge in [-0.05, 0) is 55.6 Å². The van der Waals surface area contributed by atoms with E-state index in [1.165, 1.54) is 11.3 Å². The molecule has 3 rings (SSSR count). The van der Waals surface area contributed by atoms with Gasteiger partial charge in [-0.25, -0.2) is 13.6 Å².